The summed E-state index contributed by atoms with van der Waals surface area (Å²) in [6.07, 6.45) is 0.311. The van der Waals surface area contributed by atoms with Crippen LogP contribution in [-0.2, 0) is 9.59 Å². The van der Waals surface area contributed by atoms with E-state index in [2.05, 4.69) is 0 Å². The third-order valence-electron chi connectivity index (χ3n) is 1.30. The fourth-order valence-corrected chi connectivity index (χ4v) is 0.682. The molecule has 0 aliphatic carbocycles. The molecule has 0 aliphatic rings. The van der Waals surface area contributed by atoms with Crippen LogP contribution in [0.4, 0.5) is 0 Å². The normalized spacial score (nSPS) is 12.6. The fourth-order valence-electron chi connectivity index (χ4n) is 0.682. The van der Waals surface area contributed by atoms with Gasteiger partial charge in [0.15, 0.2) is 5.78 Å². The standard InChI is InChI=1S/C6H11NO3/c1-2-4(6(9)10)5(8)3-7/h4H,2-3,7H2,1H3,(H,9,10)/t4-/m1/s1. The molecule has 0 aliphatic heterocycles. The minimum Gasteiger partial charge on any atom is -0.481 e. The van der Waals surface area contributed by atoms with E-state index in [0.29, 0.717) is 6.42 Å². The molecule has 0 rings (SSSR count). The molecule has 0 radical (unpaired) electrons. The van der Waals surface area contributed by atoms with Gasteiger partial charge in [0.1, 0.15) is 5.92 Å². The second-order valence-corrected chi connectivity index (χ2v) is 1.97. The minimum atomic E-state index is -1.09. The van der Waals surface area contributed by atoms with Crippen LogP contribution in [0, 0.1) is 5.92 Å². The van der Waals surface area contributed by atoms with Gasteiger partial charge in [0.25, 0.3) is 0 Å². The number of carbonyl (C=O) groups is 2. The van der Waals surface area contributed by atoms with Crippen molar-refractivity contribution in [1.29, 1.82) is 0 Å². The summed E-state index contributed by atoms with van der Waals surface area (Å²) in [6.45, 7) is 1.46. The molecule has 0 spiro atoms. The molecule has 0 aromatic carbocycles. The summed E-state index contributed by atoms with van der Waals surface area (Å²) in [5.74, 6) is -2.40. The van der Waals surface area contributed by atoms with Gasteiger partial charge in [-0.3, -0.25) is 9.59 Å². The van der Waals surface area contributed by atoms with E-state index in [0.717, 1.165) is 0 Å². The molecule has 4 nitrogen and oxygen atoms in total. The van der Waals surface area contributed by atoms with Gasteiger partial charge in [-0.15, -0.1) is 0 Å². The summed E-state index contributed by atoms with van der Waals surface area (Å²) in [6, 6.07) is 0. The highest BCUT2D eigenvalue weighted by Crippen LogP contribution is 2.02. The second kappa shape index (κ2) is 4.00. The van der Waals surface area contributed by atoms with Crippen molar-refractivity contribution in [2.24, 2.45) is 11.7 Å². The van der Waals surface area contributed by atoms with Gasteiger partial charge in [-0.2, -0.15) is 0 Å². The zero-order valence-electron chi connectivity index (χ0n) is 5.83. The lowest BCUT2D eigenvalue weighted by Crippen LogP contribution is -2.28. The van der Waals surface area contributed by atoms with Crippen LogP contribution < -0.4 is 5.73 Å². The number of carbonyl (C=O) groups excluding carboxylic acids is 1. The van der Waals surface area contributed by atoms with Crippen molar-refractivity contribution in [3.8, 4) is 0 Å². The molecule has 0 saturated carbocycles. The zero-order valence-corrected chi connectivity index (χ0v) is 5.83. The minimum absolute atomic E-state index is 0.190. The molecule has 0 bridgehead atoms. The van der Waals surface area contributed by atoms with Crippen LogP contribution in [0.15, 0.2) is 0 Å². The molecular formula is C6H11NO3. The quantitative estimate of drug-likeness (QED) is 0.528. The summed E-state index contributed by atoms with van der Waals surface area (Å²) in [5.41, 5.74) is 4.97. The maximum atomic E-state index is 10.7. The van der Waals surface area contributed by atoms with Gasteiger partial charge < -0.3 is 10.8 Å². The number of carboxylic acid groups (broad SMARTS) is 1. The highest BCUT2D eigenvalue weighted by atomic mass is 16.4. The molecule has 4 heteroatoms. The van der Waals surface area contributed by atoms with E-state index in [1.54, 1.807) is 6.92 Å². The molecule has 0 unspecified atom stereocenters. The van der Waals surface area contributed by atoms with Gasteiger partial charge in [-0.05, 0) is 6.42 Å². The first-order valence-corrected chi connectivity index (χ1v) is 3.09. The number of nitrogens with two attached hydrogens (primary N) is 1. The molecule has 0 aromatic heterocycles. The van der Waals surface area contributed by atoms with Crippen LogP contribution in [0.1, 0.15) is 13.3 Å². The summed E-state index contributed by atoms with van der Waals surface area (Å²) in [5, 5.41) is 8.40. The van der Waals surface area contributed by atoms with E-state index >= 15 is 0 Å². The highest BCUT2D eigenvalue weighted by Gasteiger charge is 2.21. The molecule has 1 atom stereocenters. The van der Waals surface area contributed by atoms with Crippen LogP contribution in [0.2, 0.25) is 0 Å². The molecule has 0 fully saturated rings. The first-order valence-electron chi connectivity index (χ1n) is 3.09. The van der Waals surface area contributed by atoms with Crippen molar-refractivity contribution in [3.63, 3.8) is 0 Å². The first kappa shape index (κ1) is 9.10. The van der Waals surface area contributed by atoms with E-state index in [1.807, 2.05) is 0 Å². The Morgan fingerprint density at radius 1 is 1.60 bits per heavy atom. The average Bonchev–Trinajstić information content (AvgIpc) is 1.88. The topological polar surface area (TPSA) is 80.4 Å². The molecule has 0 aromatic rings. The van der Waals surface area contributed by atoms with Crippen LogP contribution in [0.5, 0.6) is 0 Å². The van der Waals surface area contributed by atoms with Gasteiger partial charge in [-0.25, -0.2) is 0 Å². The average molecular weight is 145 g/mol. The van der Waals surface area contributed by atoms with Gasteiger partial charge >= 0.3 is 5.97 Å². The SMILES string of the molecule is CC[C@@H](C(=O)O)C(=O)CN. The number of hydrogen-bond acceptors (Lipinski definition) is 3. The van der Waals surface area contributed by atoms with E-state index in [4.69, 9.17) is 10.8 Å². The van der Waals surface area contributed by atoms with Gasteiger partial charge in [0.2, 0.25) is 0 Å². The molecular weight excluding hydrogens is 134 g/mol. The maximum absolute atomic E-state index is 10.7. The fraction of sp³-hybridized carbons (Fsp3) is 0.667. The molecule has 0 amide bonds. The highest BCUT2D eigenvalue weighted by molar-refractivity contribution is 5.99. The lowest BCUT2D eigenvalue weighted by molar-refractivity contribution is -0.146. The number of ketones is 1. The Morgan fingerprint density at radius 3 is 2.20 bits per heavy atom. The van der Waals surface area contributed by atoms with Crippen molar-refractivity contribution in [2.45, 2.75) is 13.3 Å². The van der Waals surface area contributed by atoms with Crippen molar-refractivity contribution in [3.05, 3.63) is 0 Å². The van der Waals surface area contributed by atoms with Crippen molar-refractivity contribution < 1.29 is 14.7 Å². The van der Waals surface area contributed by atoms with Crippen molar-refractivity contribution in [2.75, 3.05) is 6.54 Å². The predicted octanol–water partition coefficient (Wildman–Crippen LogP) is -0.375. The summed E-state index contributed by atoms with van der Waals surface area (Å²) >= 11 is 0. The number of rotatable bonds is 4. The third kappa shape index (κ3) is 2.14. The summed E-state index contributed by atoms with van der Waals surface area (Å²) in [7, 11) is 0. The van der Waals surface area contributed by atoms with Crippen molar-refractivity contribution in [1.82, 2.24) is 0 Å². The van der Waals surface area contributed by atoms with E-state index in [9.17, 15) is 9.59 Å². The Balaban J connectivity index is 4.06. The monoisotopic (exact) mass is 145 g/mol. The molecule has 3 N–H and O–H groups in total. The van der Waals surface area contributed by atoms with Crippen LogP contribution in [0.25, 0.3) is 0 Å². The Labute approximate surface area is 59.0 Å². The number of hydrogen-bond donors (Lipinski definition) is 2. The lowest BCUT2D eigenvalue weighted by Gasteiger charge is -2.04. The molecule has 10 heavy (non-hydrogen) atoms. The number of Topliss-reactive ketones (excluding diaryl/α,β-unsaturated/α-hetero) is 1. The number of carboxylic acids is 1. The largest absolute Gasteiger partial charge is 0.481 e. The number of aliphatic carboxylic acids is 1. The zero-order chi connectivity index (χ0) is 8.15. The van der Waals surface area contributed by atoms with Gasteiger partial charge in [0.05, 0.1) is 6.54 Å². The molecule has 0 saturated heterocycles. The van der Waals surface area contributed by atoms with Gasteiger partial charge in [-0.1, -0.05) is 6.92 Å². The lowest BCUT2D eigenvalue weighted by atomic mass is 10.0. The Morgan fingerprint density at radius 2 is 2.10 bits per heavy atom. The van der Waals surface area contributed by atoms with Crippen LogP contribution in [0.3, 0.4) is 0 Å². The van der Waals surface area contributed by atoms with Crippen molar-refractivity contribution >= 4 is 11.8 Å². The molecule has 0 heterocycles. The first-order chi connectivity index (χ1) is 4.63. The smallest absolute Gasteiger partial charge is 0.314 e. The Kier molecular flexibility index (Phi) is 3.64. The Hall–Kier alpha value is -0.900. The Bertz CT molecular complexity index is 144. The predicted molar refractivity (Wildman–Crippen MR) is 35.5 cm³/mol. The van der Waals surface area contributed by atoms with Crippen LogP contribution in [-0.4, -0.2) is 23.4 Å². The maximum Gasteiger partial charge on any atom is 0.314 e. The van der Waals surface area contributed by atoms with Crippen LogP contribution >= 0.6 is 0 Å². The molecule has 58 valence electrons. The van der Waals surface area contributed by atoms with E-state index < -0.39 is 17.7 Å². The second-order valence-electron chi connectivity index (χ2n) is 1.97. The summed E-state index contributed by atoms with van der Waals surface area (Å²) in [4.78, 5) is 20.9. The summed E-state index contributed by atoms with van der Waals surface area (Å²) < 4.78 is 0. The van der Waals surface area contributed by atoms with E-state index in [1.165, 1.54) is 0 Å². The van der Waals surface area contributed by atoms with E-state index in [-0.39, 0.29) is 6.54 Å². The third-order valence-corrected chi connectivity index (χ3v) is 1.30. The van der Waals surface area contributed by atoms with Gasteiger partial charge in [0, 0.05) is 0 Å².